The number of piperazine rings is 1. The Bertz CT molecular complexity index is 673. The van der Waals surface area contributed by atoms with Crippen LogP contribution < -0.4 is 0 Å². The number of sulfone groups is 1. The lowest BCUT2D eigenvalue weighted by atomic mass is 10.0. The van der Waals surface area contributed by atoms with Crippen molar-refractivity contribution in [2.75, 3.05) is 45.2 Å². The number of carbonyl (C=O) groups excluding carboxylic acids is 1. The molecule has 0 saturated carbocycles. The molecule has 0 bridgehead atoms. The van der Waals surface area contributed by atoms with Crippen molar-refractivity contribution < 1.29 is 13.2 Å². The van der Waals surface area contributed by atoms with Crippen molar-refractivity contribution in [2.45, 2.75) is 25.0 Å². The molecule has 0 unspecified atom stereocenters. The molecule has 2 aliphatic heterocycles. The third kappa shape index (κ3) is 3.56. The molecule has 2 fully saturated rings. The summed E-state index contributed by atoms with van der Waals surface area (Å²) in [6.45, 7) is 3.00. The van der Waals surface area contributed by atoms with Gasteiger partial charge in [0.05, 0.1) is 23.9 Å². The summed E-state index contributed by atoms with van der Waals surface area (Å²) < 4.78 is 26.3. The second-order valence-electron chi connectivity index (χ2n) is 6.77. The van der Waals surface area contributed by atoms with Crippen molar-refractivity contribution in [2.24, 2.45) is 0 Å². The average molecular weight is 355 g/mol. The van der Waals surface area contributed by atoms with Crippen LogP contribution >= 0.6 is 0 Å². The van der Waals surface area contributed by atoms with E-state index in [4.69, 9.17) is 0 Å². The van der Waals surface area contributed by atoms with E-state index in [1.807, 2.05) is 10.8 Å². The van der Waals surface area contributed by atoms with E-state index >= 15 is 0 Å². The highest BCUT2D eigenvalue weighted by atomic mass is 32.2. The van der Waals surface area contributed by atoms with E-state index in [-0.39, 0.29) is 29.6 Å². The summed E-state index contributed by atoms with van der Waals surface area (Å²) in [6, 6.07) is -0.414. The van der Waals surface area contributed by atoms with Crippen LogP contribution in [0.3, 0.4) is 0 Å². The smallest absolute Gasteiger partial charge is 0.319 e. The number of hydrogen-bond acceptors (Lipinski definition) is 5. The molecule has 0 spiro atoms. The standard InChI is InChI=1S/C15H25N5O3S/c1-17(2)15(21)20-9-8-19(6-3-5-18-7-4-16-12-18)13-10-24(22,23)11-14(13)20/h4,7,12-14H,3,5-6,8-11H2,1-2H3/t13-,14+/m0/s1. The van der Waals surface area contributed by atoms with Crippen LogP contribution in [0.2, 0.25) is 0 Å². The number of fused-ring (bicyclic) bond motifs is 1. The van der Waals surface area contributed by atoms with Gasteiger partial charge in [0.25, 0.3) is 0 Å². The number of amides is 2. The molecule has 3 rings (SSSR count). The SMILES string of the molecule is CN(C)C(=O)N1CCN(CCCn2ccnc2)[C@H]2CS(=O)(=O)C[C@H]21. The van der Waals surface area contributed by atoms with Crippen LogP contribution in [0.25, 0.3) is 0 Å². The first-order valence-corrected chi connectivity index (χ1v) is 10.1. The highest BCUT2D eigenvalue weighted by molar-refractivity contribution is 7.91. The summed E-state index contributed by atoms with van der Waals surface area (Å²) in [6.07, 6.45) is 6.40. The lowest BCUT2D eigenvalue weighted by Gasteiger charge is -2.44. The number of nitrogens with zero attached hydrogens (tertiary/aromatic N) is 5. The largest absolute Gasteiger partial charge is 0.337 e. The number of urea groups is 1. The van der Waals surface area contributed by atoms with E-state index in [1.54, 1.807) is 31.5 Å². The molecule has 134 valence electrons. The summed E-state index contributed by atoms with van der Waals surface area (Å²) in [5, 5.41) is 0. The zero-order valence-corrected chi connectivity index (χ0v) is 15.0. The first-order chi connectivity index (χ1) is 11.4. The lowest BCUT2D eigenvalue weighted by Crippen LogP contribution is -2.62. The molecule has 0 aliphatic carbocycles. The molecule has 9 heteroatoms. The van der Waals surface area contributed by atoms with Gasteiger partial charge in [-0.1, -0.05) is 0 Å². The van der Waals surface area contributed by atoms with Gasteiger partial charge in [-0.25, -0.2) is 18.2 Å². The fourth-order valence-corrected chi connectivity index (χ4v) is 5.68. The van der Waals surface area contributed by atoms with Gasteiger partial charge in [-0.15, -0.1) is 0 Å². The van der Waals surface area contributed by atoms with Gasteiger partial charge >= 0.3 is 6.03 Å². The van der Waals surface area contributed by atoms with E-state index < -0.39 is 9.84 Å². The molecule has 24 heavy (non-hydrogen) atoms. The summed E-state index contributed by atoms with van der Waals surface area (Å²) in [4.78, 5) is 21.9. The van der Waals surface area contributed by atoms with Gasteiger partial charge in [0, 0.05) is 58.7 Å². The predicted molar refractivity (Wildman–Crippen MR) is 90.4 cm³/mol. The average Bonchev–Trinajstić information content (AvgIpc) is 3.12. The first kappa shape index (κ1) is 17.2. The van der Waals surface area contributed by atoms with E-state index in [0.717, 1.165) is 26.1 Å². The van der Waals surface area contributed by atoms with Crippen LogP contribution in [0.1, 0.15) is 6.42 Å². The van der Waals surface area contributed by atoms with Crippen molar-refractivity contribution >= 4 is 15.9 Å². The molecule has 8 nitrogen and oxygen atoms in total. The quantitative estimate of drug-likeness (QED) is 0.743. The Morgan fingerprint density at radius 3 is 2.62 bits per heavy atom. The highest BCUT2D eigenvalue weighted by Crippen LogP contribution is 2.27. The van der Waals surface area contributed by atoms with Gasteiger partial charge in [-0.3, -0.25) is 4.90 Å². The van der Waals surface area contributed by atoms with Crippen LogP contribution in [0.15, 0.2) is 18.7 Å². The number of imidazole rings is 1. The van der Waals surface area contributed by atoms with Gasteiger partial charge < -0.3 is 14.4 Å². The maximum absolute atomic E-state index is 12.4. The molecular formula is C15H25N5O3S. The van der Waals surface area contributed by atoms with Crippen molar-refractivity contribution in [3.63, 3.8) is 0 Å². The van der Waals surface area contributed by atoms with Crippen LogP contribution in [-0.2, 0) is 16.4 Å². The van der Waals surface area contributed by atoms with Gasteiger partial charge in [-0.05, 0) is 6.42 Å². The number of carbonyl (C=O) groups is 1. The van der Waals surface area contributed by atoms with Crippen LogP contribution in [0.5, 0.6) is 0 Å². The van der Waals surface area contributed by atoms with Gasteiger partial charge in [0.15, 0.2) is 9.84 Å². The van der Waals surface area contributed by atoms with E-state index in [9.17, 15) is 13.2 Å². The third-order valence-corrected chi connectivity index (χ3v) is 6.54. The Morgan fingerprint density at radius 2 is 1.96 bits per heavy atom. The summed E-state index contributed by atoms with van der Waals surface area (Å²) in [5.41, 5.74) is 0. The molecule has 2 amide bonds. The summed E-state index contributed by atoms with van der Waals surface area (Å²) in [5.74, 6) is 0.231. The number of aryl methyl sites for hydroxylation is 1. The molecule has 0 N–H and O–H groups in total. The van der Waals surface area contributed by atoms with Crippen molar-refractivity contribution in [3.8, 4) is 0 Å². The Kier molecular flexibility index (Phi) is 4.82. The Balaban J connectivity index is 1.66. The Labute approximate surface area is 143 Å². The maximum Gasteiger partial charge on any atom is 0.319 e. The van der Waals surface area contributed by atoms with Crippen molar-refractivity contribution in [3.05, 3.63) is 18.7 Å². The summed E-state index contributed by atoms with van der Waals surface area (Å²) >= 11 is 0. The third-order valence-electron chi connectivity index (χ3n) is 4.84. The number of rotatable bonds is 4. The Morgan fingerprint density at radius 1 is 1.21 bits per heavy atom. The molecule has 3 heterocycles. The highest BCUT2D eigenvalue weighted by Gasteiger charge is 2.48. The molecule has 2 atom stereocenters. The second kappa shape index (κ2) is 6.72. The van der Waals surface area contributed by atoms with Crippen molar-refractivity contribution in [1.29, 1.82) is 0 Å². The lowest BCUT2D eigenvalue weighted by molar-refractivity contribution is 0.0553. The molecule has 0 aromatic carbocycles. The van der Waals surface area contributed by atoms with E-state index in [0.29, 0.717) is 6.54 Å². The summed E-state index contributed by atoms with van der Waals surface area (Å²) in [7, 11) is 0.322. The van der Waals surface area contributed by atoms with Crippen LogP contribution in [-0.4, -0.2) is 96.0 Å². The van der Waals surface area contributed by atoms with Crippen molar-refractivity contribution in [1.82, 2.24) is 24.3 Å². The van der Waals surface area contributed by atoms with Gasteiger partial charge in [0.2, 0.25) is 0 Å². The number of hydrogen-bond donors (Lipinski definition) is 0. The fraction of sp³-hybridized carbons (Fsp3) is 0.733. The molecular weight excluding hydrogens is 330 g/mol. The van der Waals surface area contributed by atoms with Gasteiger partial charge in [0.1, 0.15) is 0 Å². The Hall–Kier alpha value is -1.61. The van der Waals surface area contributed by atoms with E-state index in [1.165, 1.54) is 4.90 Å². The minimum absolute atomic E-state index is 0.0786. The normalized spacial score (nSPS) is 26.3. The first-order valence-electron chi connectivity index (χ1n) is 8.25. The van der Waals surface area contributed by atoms with Crippen LogP contribution in [0.4, 0.5) is 4.79 Å². The molecule has 1 aromatic heterocycles. The monoisotopic (exact) mass is 355 g/mol. The zero-order valence-electron chi connectivity index (χ0n) is 14.2. The van der Waals surface area contributed by atoms with E-state index in [2.05, 4.69) is 9.88 Å². The molecule has 2 aliphatic rings. The topological polar surface area (TPSA) is 78.8 Å². The minimum Gasteiger partial charge on any atom is -0.337 e. The minimum atomic E-state index is -3.09. The molecule has 1 aromatic rings. The maximum atomic E-state index is 12.4. The zero-order chi connectivity index (χ0) is 17.3. The fourth-order valence-electron chi connectivity index (χ4n) is 3.67. The molecule has 2 saturated heterocycles. The number of aromatic nitrogens is 2. The van der Waals surface area contributed by atoms with Gasteiger partial charge in [-0.2, -0.15) is 0 Å². The second-order valence-corrected chi connectivity index (χ2v) is 8.93. The van der Waals surface area contributed by atoms with Crippen LogP contribution in [0, 0.1) is 0 Å². The molecule has 0 radical (unpaired) electrons. The predicted octanol–water partition coefficient (Wildman–Crippen LogP) is -0.262.